The third-order valence-corrected chi connectivity index (χ3v) is 2.99. The van der Waals surface area contributed by atoms with E-state index in [0.717, 1.165) is 11.3 Å². The molecule has 0 amide bonds. The van der Waals surface area contributed by atoms with Crippen LogP contribution in [0, 0.1) is 17.0 Å². The highest BCUT2D eigenvalue weighted by molar-refractivity contribution is 6.36. The van der Waals surface area contributed by atoms with Crippen molar-refractivity contribution in [3.05, 3.63) is 64.2 Å². The summed E-state index contributed by atoms with van der Waals surface area (Å²) in [5, 5.41) is 14.6. The summed E-state index contributed by atoms with van der Waals surface area (Å²) in [6.07, 6.45) is 0. The van der Waals surface area contributed by atoms with E-state index >= 15 is 0 Å². The Bertz CT molecular complexity index is 754. The molecule has 0 aliphatic rings. The van der Waals surface area contributed by atoms with Gasteiger partial charge in [-0.25, -0.2) is 0 Å². The van der Waals surface area contributed by atoms with Gasteiger partial charge in [0, 0.05) is 19.1 Å². The first-order valence-corrected chi connectivity index (χ1v) is 6.80. The normalized spacial score (nSPS) is 11.0. The summed E-state index contributed by atoms with van der Waals surface area (Å²) in [5.41, 5.74) is 4.44. The second-order valence-electron chi connectivity index (χ2n) is 4.75. The highest BCUT2D eigenvalue weighted by Crippen LogP contribution is 2.18. The van der Waals surface area contributed by atoms with Crippen molar-refractivity contribution >= 4 is 23.1 Å². The van der Waals surface area contributed by atoms with Crippen LogP contribution in [-0.4, -0.2) is 16.6 Å². The fraction of sp³-hybridized carbons (Fsp3) is 0.125. The molecule has 23 heavy (non-hydrogen) atoms. The molecule has 0 unspecified atom stereocenters. The van der Waals surface area contributed by atoms with Gasteiger partial charge in [-0.15, -0.1) is 5.10 Å². The largest absolute Gasteiger partial charge is 0.435 e. The minimum Gasteiger partial charge on any atom is -0.435 e. The molecule has 2 rings (SSSR count). The first-order chi connectivity index (χ1) is 11.0. The monoisotopic (exact) mass is 313 g/mol. The summed E-state index contributed by atoms with van der Waals surface area (Å²) in [6, 6.07) is 12.9. The molecule has 2 aromatic rings. The first kappa shape index (κ1) is 16.2. The molecular weight excluding hydrogens is 298 g/mol. The Morgan fingerprint density at radius 1 is 1.17 bits per heavy atom. The SMILES string of the molecule is CC(=O)/C(=N\Nc1ccccc1C)Oc1ccc([N+](=O)[O-])cc1. The van der Waals surface area contributed by atoms with E-state index in [1.807, 2.05) is 31.2 Å². The molecule has 2 aromatic carbocycles. The molecule has 7 heteroatoms. The third kappa shape index (κ3) is 4.37. The van der Waals surface area contributed by atoms with Crippen molar-refractivity contribution in [1.29, 1.82) is 0 Å². The predicted octanol–water partition coefficient (Wildman–Crippen LogP) is 3.30. The van der Waals surface area contributed by atoms with Gasteiger partial charge in [0.15, 0.2) is 0 Å². The minimum atomic E-state index is -0.510. The number of hydrogen-bond donors (Lipinski definition) is 1. The first-order valence-electron chi connectivity index (χ1n) is 6.80. The van der Waals surface area contributed by atoms with Crippen LogP contribution >= 0.6 is 0 Å². The third-order valence-electron chi connectivity index (χ3n) is 2.99. The van der Waals surface area contributed by atoms with Crippen LogP contribution in [0.4, 0.5) is 11.4 Å². The zero-order valence-electron chi connectivity index (χ0n) is 12.6. The number of nitrogens with one attached hydrogen (secondary N) is 1. The van der Waals surface area contributed by atoms with E-state index in [4.69, 9.17) is 4.74 Å². The van der Waals surface area contributed by atoms with E-state index in [0.29, 0.717) is 0 Å². The highest BCUT2D eigenvalue weighted by atomic mass is 16.6. The Morgan fingerprint density at radius 3 is 2.39 bits per heavy atom. The van der Waals surface area contributed by atoms with E-state index < -0.39 is 4.92 Å². The zero-order chi connectivity index (χ0) is 16.8. The number of nitro groups is 1. The molecule has 0 saturated heterocycles. The standard InChI is InChI=1S/C16H15N3O4/c1-11-5-3-4-6-15(11)17-18-16(12(2)20)23-14-9-7-13(8-10-14)19(21)22/h3-10,17H,1-2H3/b18-16+. The summed E-state index contributed by atoms with van der Waals surface area (Å²) in [6.45, 7) is 3.23. The number of aryl methyl sites for hydroxylation is 1. The van der Waals surface area contributed by atoms with Gasteiger partial charge < -0.3 is 4.74 Å². The number of ether oxygens (including phenoxy) is 1. The lowest BCUT2D eigenvalue weighted by Crippen LogP contribution is -2.19. The lowest BCUT2D eigenvalue weighted by atomic mass is 10.2. The molecule has 0 aliphatic heterocycles. The lowest BCUT2D eigenvalue weighted by molar-refractivity contribution is -0.384. The van der Waals surface area contributed by atoms with Gasteiger partial charge in [-0.1, -0.05) is 18.2 Å². The van der Waals surface area contributed by atoms with Crippen LogP contribution in [-0.2, 0) is 4.79 Å². The van der Waals surface area contributed by atoms with Crippen molar-refractivity contribution < 1.29 is 14.5 Å². The van der Waals surface area contributed by atoms with Gasteiger partial charge in [-0.3, -0.25) is 20.3 Å². The number of carbonyl (C=O) groups excluding carboxylic acids is 1. The van der Waals surface area contributed by atoms with E-state index in [1.165, 1.54) is 31.2 Å². The van der Waals surface area contributed by atoms with Crippen LogP contribution in [0.1, 0.15) is 12.5 Å². The summed E-state index contributed by atoms with van der Waals surface area (Å²) >= 11 is 0. The van der Waals surface area contributed by atoms with Gasteiger partial charge >= 0.3 is 0 Å². The second-order valence-corrected chi connectivity index (χ2v) is 4.75. The molecule has 0 aromatic heterocycles. The molecule has 118 valence electrons. The fourth-order valence-electron chi connectivity index (χ4n) is 1.73. The fourth-order valence-corrected chi connectivity index (χ4v) is 1.73. The number of non-ortho nitro benzene ring substituents is 1. The van der Waals surface area contributed by atoms with Crippen molar-refractivity contribution in [3.63, 3.8) is 0 Å². The van der Waals surface area contributed by atoms with Gasteiger partial charge in [0.05, 0.1) is 10.6 Å². The topological polar surface area (TPSA) is 93.8 Å². The average molecular weight is 313 g/mol. The van der Waals surface area contributed by atoms with Crippen LogP contribution in [0.15, 0.2) is 53.6 Å². The maximum atomic E-state index is 11.6. The Labute approximate surface area is 132 Å². The molecule has 0 atom stereocenters. The molecule has 0 saturated carbocycles. The molecule has 0 bridgehead atoms. The van der Waals surface area contributed by atoms with Crippen LogP contribution in [0.25, 0.3) is 0 Å². The van der Waals surface area contributed by atoms with Gasteiger partial charge in [-0.2, -0.15) is 0 Å². The summed E-state index contributed by atoms with van der Waals surface area (Å²) in [7, 11) is 0. The predicted molar refractivity (Wildman–Crippen MR) is 86.6 cm³/mol. The van der Waals surface area contributed by atoms with Gasteiger partial charge in [0.1, 0.15) is 5.75 Å². The molecule has 7 nitrogen and oxygen atoms in total. The Balaban J connectivity index is 2.15. The highest BCUT2D eigenvalue weighted by Gasteiger charge is 2.11. The number of hydrazone groups is 1. The molecule has 0 spiro atoms. The number of Topliss-reactive ketones (excluding diaryl/α,β-unsaturated/α-hetero) is 1. The Kier molecular flexibility index (Phi) is 5.03. The van der Waals surface area contributed by atoms with E-state index in [-0.39, 0.29) is 23.1 Å². The Morgan fingerprint density at radius 2 is 1.83 bits per heavy atom. The van der Waals surface area contributed by atoms with Crippen molar-refractivity contribution in [2.45, 2.75) is 13.8 Å². The average Bonchev–Trinajstić information content (AvgIpc) is 2.53. The molecule has 0 heterocycles. The van der Waals surface area contributed by atoms with Gasteiger partial charge in [0.25, 0.3) is 11.6 Å². The van der Waals surface area contributed by atoms with E-state index in [1.54, 1.807) is 0 Å². The number of nitrogens with zero attached hydrogens (tertiary/aromatic N) is 2. The maximum absolute atomic E-state index is 11.6. The molecule has 1 N–H and O–H groups in total. The number of nitro benzene ring substituents is 1. The van der Waals surface area contributed by atoms with Gasteiger partial charge in [-0.05, 0) is 30.7 Å². The van der Waals surface area contributed by atoms with Crippen LogP contribution in [0.3, 0.4) is 0 Å². The smallest absolute Gasteiger partial charge is 0.280 e. The quantitative estimate of drug-likeness (QED) is 0.395. The van der Waals surface area contributed by atoms with Crippen molar-refractivity contribution in [3.8, 4) is 5.75 Å². The number of rotatable bonds is 5. The number of carbonyl (C=O) groups is 1. The van der Waals surface area contributed by atoms with Crippen LogP contribution in [0.5, 0.6) is 5.75 Å². The molecule has 0 aliphatic carbocycles. The van der Waals surface area contributed by atoms with Crippen molar-refractivity contribution in [2.75, 3.05) is 5.43 Å². The number of ketones is 1. The molecular formula is C16H15N3O4. The number of anilines is 1. The van der Waals surface area contributed by atoms with Crippen molar-refractivity contribution in [2.24, 2.45) is 5.10 Å². The summed E-state index contributed by atoms with van der Waals surface area (Å²) < 4.78 is 5.39. The van der Waals surface area contributed by atoms with Crippen LogP contribution in [0.2, 0.25) is 0 Å². The van der Waals surface area contributed by atoms with Crippen molar-refractivity contribution in [1.82, 2.24) is 0 Å². The number of benzene rings is 2. The number of para-hydroxylation sites is 1. The summed E-state index contributed by atoms with van der Waals surface area (Å²) in [5.74, 6) is -0.220. The van der Waals surface area contributed by atoms with E-state index in [2.05, 4.69) is 10.5 Å². The minimum absolute atomic E-state index is 0.0586. The zero-order valence-corrected chi connectivity index (χ0v) is 12.6. The van der Waals surface area contributed by atoms with E-state index in [9.17, 15) is 14.9 Å². The van der Waals surface area contributed by atoms with Crippen LogP contribution < -0.4 is 10.2 Å². The molecule has 0 radical (unpaired) electrons. The number of hydrogen-bond acceptors (Lipinski definition) is 6. The lowest BCUT2D eigenvalue weighted by Gasteiger charge is -2.08. The maximum Gasteiger partial charge on any atom is 0.280 e. The summed E-state index contributed by atoms with van der Waals surface area (Å²) in [4.78, 5) is 21.7. The second kappa shape index (κ2) is 7.17. The Hall–Kier alpha value is -3.22. The molecule has 0 fully saturated rings. The van der Waals surface area contributed by atoms with Gasteiger partial charge in [0.2, 0.25) is 5.78 Å².